The number of nitrogens with zero attached hydrogens (tertiary/aromatic N) is 3. The summed E-state index contributed by atoms with van der Waals surface area (Å²) in [5.74, 6) is 0.141. The molecule has 0 bridgehead atoms. The largest absolute Gasteiger partial charge is 0.381 e. The van der Waals surface area contributed by atoms with E-state index in [1.165, 1.54) is 0 Å². The number of hydrogen-bond acceptors (Lipinski definition) is 6. The SMILES string of the molecule is C[C@@H]1CN(CC(=O)NC2CCOCC2)CCN1c1nccs1. The van der Waals surface area contributed by atoms with Crippen LogP contribution in [-0.4, -0.2) is 67.3 Å². The zero-order valence-corrected chi connectivity index (χ0v) is 13.8. The van der Waals surface area contributed by atoms with E-state index in [0.29, 0.717) is 12.6 Å². The van der Waals surface area contributed by atoms with Crippen LogP contribution in [0.3, 0.4) is 0 Å². The summed E-state index contributed by atoms with van der Waals surface area (Å²) in [6.45, 7) is 6.95. The highest BCUT2D eigenvalue weighted by atomic mass is 32.1. The van der Waals surface area contributed by atoms with E-state index < -0.39 is 0 Å². The van der Waals surface area contributed by atoms with E-state index in [-0.39, 0.29) is 11.9 Å². The number of carbonyl (C=O) groups excluding carboxylic acids is 1. The number of carbonyl (C=O) groups is 1. The number of piperazine rings is 1. The van der Waals surface area contributed by atoms with Gasteiger partial charge in [0.2, 0.25) is 5.91 Å². The summed E-state index contributed by atoms with van der Waals surface area (Å²) in [5, 5.41) is 6.23. The highest BCUT2D eigenvalue weighted by Crippen LogP contribution is 2.22. The van der Waals surface area contributed by atoms with Crippen molar-refractivity contribution < 1.29 is 9.53 Å². The second-order valence-electron chi connectivity index (χ2n) is 6.05. The molecule has 0 spiro atoms. The third-order valence-corrected chi connectivity index (χ3v) is 5.14. The molecule has 1 amide bonds. The Balaban J connectivity index is 1.45. The molecule has 7 heteroatoms. The molecule has 1 N–H and O–H groups in total. The van der Waals surface area contributed by atoms with Crippen LogP contribution in [0.4, 0.5) is 5.13 Å². The Morgan fingerprint density at radius 1 is 1.45 bits per heavy atom. The zero-order valence-electron chi connectivity index (χ0n) is 13.0. The number of ether oxygens (including phenoxy) is 1. The molecule has 2 aliphatic heterocycles. The van der Waals surface area contributed by atoms with Gasteiger partial charge >= 0.3 is 0 Å². The molecule has 1 aromatic heterocycles. The number of nitrogens with one attached hydrogen (secondary N) is 1. The number of amides is 1. The molecule has 1 atom stereocenters. The van der Waals surface area contributed by atoms with Gasteiger partial charge in [0.15, 0.2) is 5.13 Å². The van der Waals surface area contributed by atoms with Gasteiger partial charge in [0.05, 0.1) is 6.54 Å². The molecule has 2 aliphatic rings. The van der Waals surface area contributed by atoms with Crippen LogP contribution in [0.2, 0.25) is 0 Å². The molecule has 22 heavy (non-hydrogen) atoms. The second-order valence-corrected chi connectivity index (χ2v) is 6.92. The molecule has 0 aromatic carbocycles. The highest BCUT2D eigenvalue weighted by Gasteiger charge is 2.27. The lowest BCUT2D eigenvalue weighted by atomic mass is 10.1. The first kappa shape index (κ1) is 15.7. The fraction of sp³-hybridized carbons (Fsp3) is 0.733. The average molecular weight is 324 g/mol. The predicted molar refractivity (Wildman–Crippen MR) is 87.3 cm³/mol. The molecular formula is C15H24N4O2S. The third-order valence-electron chi connectivity index (χ3n) is 4.33. The van der Waals surface area contributed by atoms with Crippen molar-refractivity contribution in [3.8, 4) is 0 Å². The van der Waals surface area contributed by atoms with Crippen LogP contribution in [0.25, 0.3) is 0 Å². The van der Waals surface area contributed by atoms with Crippen molar-refractivity contribution in [1.82, 2.24) is 15.2 Å². The molecule has 6 nitrogen and oxygen atoms in total. The summed E-state index contributed by atoms with van der Waals surface area (Å²) < 4.78 is 5.32. The molecule has 0 saturated carbocycles. The van der Waals surface area contributed by atoms with Gasteiger partial charge in [-0.05, 0) is 19.8 Å². The smallest absolute Gasteiger partial charge is 0.234 e. The van der Waals surface area contributed by atoms with E-state index >= 15 is 0 Å². The van der Waals surface area contributed by atoms with E-state index in [1.807, 2.05) is 11.6 Å². The van der Waals surface area contributed by atoms with Crippen molar-refractivity contribution in [2.75, 3.05) is 44.3 Å². The second kappa shape index (κ2) is 7.39. The minimum absolute atomic E-state index is 0.141. The van der Waals surface area contributed by atoms with Crippen molar-refractivity contribution in [3.63, 3.8) is 0 Å². The van der Waals surface area contributed by atoms with Gasteiger partial charge in [0.1, 0.15) is 0 Å². The molecule has 0 unspecified atom stereocenters. The van der Waals surface area contributed by atoms with Crippen LogP contribution in [-0.2, 0) is 9.53 Å². The number of anilines is 1. The predicted octanol–water partition coefficient (Wildman–Crippen LogP) is 0.949. The van der Waals surface area contributed by atoms with Gasteiger partial charge in [-0.2, -0.15) is 0 Å². The monoisotopic (exact) mass is 324 g/mol. The summed E-state index contributed by atoms with van der Waals surface area (Å²) >= 11 is 1.68. The molecule has 0 radical (unpaired) electrons. The number of aromatic nitrogens is 1. The summed E-state index contributed by atoms with van der Waals surface area (Å²) in [4.78, 5) is 21.1. The third kappa shape index (κ3) is 3.97. The summed E-state index contributed by atoms with van der Waals surface area (Å²) in [6.07, 6.45) is 3.71. The van der Waals surface area contributed by atoms with Gasteiger partial charge in [-0.15, -0.1) is 11.3 Å². The lowest BCUT2D eigenvalue weighted by Gasteiger charge is -2.39. The number of rotatable bonds is 4. The van der Waals surface area contributed by atoms with E-state index in [1.54, 1.807) is 11.3 Å². The average Bonchev–Trinajstić information content (AvgIpc) is 3.02. The quantitative estimate of drug-likeness (QED) is 0.894. The normalized spacial score (nSPS) is 24.4. The maximum absolute atomic E-state index is 12.2. The van der Waals surface area contributed by atoms with Gasteiger partial charge < -0.3 is 15.0 Å². The lowest BCUT2D eigenvalue weighted by Crippen LogP contribution is -2.54. The highest BCUT2D eigenvalue weighted by molar-refractivity contribution is 7.13. The van der Waals surface area contributed by atoms with Gasteiger partial charge in [-0.1, -0.05) is 0 Å². The van der Waals surface area contributed by atoms with E-state index in [2.05, 4.69) is 27.0 Å². The van der Waals surface area contributed by atoms with Crippen molar-refractivity contribution in [2.24, 2.45) is 0 Å². The minimum Gasteiger partial charge on any atom is -0.381 e. The summed E-state index contributed by atoms with van der Waals surface area (Å²) in [7, 11) is 0. The van der Waals surface area contributed by atoms with Crippen molar-refractivity contribution in [1.29, 1.82) is 0 Å². The van der Waals surface area contributed by atoms with Gasteiger partial charge in [0.25, 0.3) is 0 Å². The van der Waals surface area contributed by atoms with Gasteiger partial charge in [-0.3, -0.25) is 9.69 Å². The Kier molecular flexibility index (Phi) is 5.28. The van der Waals surface area contributed by atoms with E-state index in [0.717, 1.165) is 50.8 Å². The maximum Gasteiger partial charge on any atom is 0.234 e. The van der Waals surface area contributed by atoms with Crippen LogP contribution < -0.4 is 10.2 Å². The first-order chi connectivity index (χ1) is 10.7. The molecule has 2 fully saturated rings. The van der Waals surface area contributed by atoms with Crippen molar-refractivity contribution in [2.45, 2.75) is 31.8 Å². The molecule has 2 saturated heterocycles. The topological polar surface area (TPSA) is 57.7 Å². The number of thiazole rings is 1. The molecule has 3 heterocycles. The van der Waals surface area contributed by atoms with Crippen LogP contribution in [0.5, 0.6) is 0 Å². The van der Waals surface area contributed by atoms with E-state index in [9.17, 15) is 4.79 Å². The van der Waals surface area contributed by atoms with Crippen LogP contribution in [0.1, 0.15) is 19.8 Å². The number of hydrogen-bond donors (Lipinski definition) is 1. The van der Waals surface area contributed by atoms with Crippen LogP contribution in [0, 0.1) is 0 Å². The molecule has 122 valence electrons. The fourth-order valence-corrected chi connectivity index (χ4v) is 3.91. The summed E-state index contributed by atoms with van der Waals surface area (Å²) in [5.41, 5.74) is 0. The van der Waals surface area contributed by atoms with Crippen LogP contribution >= 0.6 is 11.3 Å². The Bertz CT molecular complexity index is 476. The molecule has 3 rings (SSSR count). The summed E-state index contributed by atoms with van der Waals surface area (Å²) in [6, 6.07) is 0.672. The Morgan fingerprint density at radius 2 is 2.27 bits per heavy atom. The van der Waals surface area contributed by atoms with Crippen LogP contribution in [0.15, 0.2) is 11.6 Å². The lowest BCUT2D eigenvalue weighted by molar-refractivity contribution is -0.123. The molecule has 0 aliphatic carbocycles. The Labute approximate surface area is 135 Å². The van der Waals surface area contributed by atoms with Gasteiger partial charge in [0, 0.05) is 56.5 Å². The standard InChI is InChI=1S/C15H24N4O2S/c1-12-10-18(5-6-19(12)15-16-4-9-22-15)11-14(20)17-13-2-7-21-8-3-13/h4,9,12-13H,2-3,5-8,10-11H2,1H3,(H,17,20)/t12-/m1/s1. The first-order valence-corrected chi connectivity index (χ1v) is 8.86. The van der Waals surface area contributed by atoms with E-state index in [4.69, 9.17) is 4.74 Å². The Morgan fingerprint density at radius 3 is 2.95 bits per heavy atom. The van der Waals surface area contributed by atoms with Crippen molar-refractivity contribution in [3.05, 3.63) is 11.6 Å². The molecular weight excluding hydrogens is 300 g/mol. The zero-order chi connectivity index (χ0) is 15.4. The van der Waals surface area contributed by atoms with Gasteiger partial charge in [-0.25, -0.2) is 4.98 Å². The maximum atomic E-state index is 12.2. The first-order valence-electron chi connectivity index (χ1n) is 7.98. The van der Waals surface area contributed by atoms with Crippen molar-refractivity contribution >= 4 is 22.4 Å². The fourth-order valence-electron chi connectivity index (χ4n) is 3.14. The Hall–Kier alpha value is -1.18. The minimum atomic E-state index is 0.141. The molecule has 1 aromatic rings.